The topological polar surface area (TPSA) is 38.5 Å². The van der Waals surface area contributed by atoms with E-state index < -0.39 is 9.84 Å². The molecule has 26 heavy (non-hydrogen) atoms. The van der Waals surface area contributed by atoms with Crippen LogP contribution in [0.1, 0.15) is 52.5 Å². The molecule has 0 amide bonds. The van der Waals surface area contributed by atoms with Gasteiger partial charge in [-0.3, -0.25) is 0 Å². The maximum atomic E-state index is 12.8. The van der Waals surface area contributed by atoms with Crippen LogP contribution in [0.4, 0.5) is 0 Å². The predicted molar refractivity (Wildman–Crippen MR) is 107 cm³/mol. The van der Waals surface area contributed by atoms with Gasteiger partial charge >= 0.3 is 0 Å². The summed E-state index contributed by atoms with van der Waals surface area (Å²) < 4.78 is 25.7. The van der Waals surface area contributed by atoms with Gasteiger partial charge in [0.25, 0.3) is 5.03 Å². The molecule has 0 heterocycles. The SMILES string of the molecule is [C-]#[N+]C(=C(C)C=CC1=C(C)CCCC1(C)C)S(=O)(=O)c1ccc(C)cc1. The van der Waals surface area contributed by atoms with E-state index in [-0.39, 0.29) is 15.3 Å². The number of benzene rings is 1. The fourth-order valence-electron chi connectivity index (χ4n) is 3.48. The molecule has 0 unspecified atom stereocenters. The summed E-state index contributed by atoms with van der Waals surface area (Å²) in [5.74, 6) is 0. The van der Waals surface area contributed by atoms with Gasteiger partial charge < -0.3 is 0 Å². The van der Waals surface area contributed by atoms with Gasteiger partial charge in [0.15, 0.2) is 0 Å². The Hall–Kier alpha value is -2.12. The van der Waals surface area contributed by atoms with E-state index in [1.54, 1.807) is 37.3 Å². The Labute approximate surface area is 157 Å². The molecule has 0 bridgehead atoms. The first-order valence-corrected chi connectivity index (χ1v) is 10.4. The minimum atomic E-state index is -3.80. The highest BCUT2D eigenvalue weighted by Gasteiger charge is 2.27. The molecule has 1 aliphatic rings. The molecule has 1 aliphatic carbocycles. The Morgan fingerprint density at radius 3 is 2.35 bits per heavy atom. The van der Waals surface area contributed by atoms with Crippen LogP contribution in [0.25, 0.3) is 4.85 Å². The molecule has 0 spiro atoms. The molecule has 4 heteroatoms. The van der Waals surface area contributed by atoms with E-state index in [0.717, 1.165) is 18.4 Å². The van der Waals surface area contributed by atoms with Crippen LogP contribution in [0.15, 0.2) is 63.1 Å². The highest BCUT2D eigenvalue weighted by Crippen LogP contribution is 2.41. The molecular formula is C22H27NO2S. The summed E-state index contributed by atoms with van der Waals surface area (Å²) in [7, 11) is -3.80. The van der Waals surface area contributed by atoms with Crippen molar-refractivity contribution in [3.05, 3.63) is 75.1 Å². The van der Waals surface area contributed by atoms with E-state index in [2.05, 4.69) is 25.6 Å². The van der Waals surface area contributed by atoms with Crippen molar-refractivity contribution in [2.75, 3.05) is 0 Å². The Bertz CT molecular complexity index is 921. The first-order valence-electron chi connectivity index (χ1n) is 8.88. The molecule has 138 valence electrons. The van der Waals surface area contributed by atoms with Crippen molar-refractivity contribution in [3.63, 3.8) is 0 Å². The van der Waals surface area contributed by atoms with E-state index in [1.807, 2.05) is 13.0 Å². The Kier molecular flexibility index (Phi) is 5.93. The minimum absolute atomic E-state index is 0.0766. The molecule has 0 aliphatic heterocycles. The van der Waals surface area contributed by atoms with Crippen molar-refractivity contribution in [1.82, 2.24) is 0 Å². The zero-order valence-corrected chi connectivity index (χ0v) is 17.1. The minimum Gasteiger partial charge on any atom is -0.230 e. The summed E-state index contributed by atoms with van der Waals surface area (Å²) in [6, 6.07) is 6.62. The molecule has 0 aromatic heterocycles. The number of rotatable bonds is 4. The number of nitrogens with zero attached hydrogens (tertiary/aromatic N) is 1. The molecule has 0 N–H and O–H groups in total. The van der Waals surface area contributed by atoms with Crippen molar-refractivity contribution in [2.24, 2.45) is 5.41 Å². The van der Waals surface area contributed by atoms with E-state index >= 15 is 0 Å². The average Bonchev–Trinajstić information content (AvgIpc) is 2.54. The molecule has 0 saturated carbocycles. The predicted octanol–water partition coefficient (Wildman–Crippen LogP) is 6.00. The standard InChI is InChI=1S/C22H27NO2S/c1-16-9-12-19(13-10-16)26(24,25)21(23-6)18(3)11-14-20-17(2)8-7-15-22(20,4)5/h9-14H,7-8,15H2,1-5H3. The van der Waals surface area contributed by atoms with Gasteiger partial charge in [-0.15, -0.1) is 0 Å². The summed E-state index contributed by atoms with van der Waals surface area (Å²) in [4.78, 5) is 3.51. The van der Waals surface area contributed by atoms with Gasteiger partial charge in [0, 0.05) is 0 Å². The number of allylic oxidation sites excluding steroid dienone is 5. The van der Waals surface area contributed by atoms with Crippen LogP contribution in [0, 0.1) is 18.9 Å². The molecule has 0 radical (unpaired) electrons. The van der Waals surface area contributed by atoms with Crippen molar-refractivity contribution in [1.29, 1.82) is 0 Å². The first-order chi connectivity index (χ1) is 12.1. The molecule has 0 saturated heterocycles. The fraction of sp³-hybridized carbons (Fsp3) is 0.409. The molecule has 0 atom stereocenters. The molecule has 1 aromatic carbocycles. The van der Waals surface area contributed by atoms with Crippen molar-refractivity contribution in [2.45, 2.75) is 58.8 Å². The summed E-state index contributed by atoms with van der Waals surface area (Å²) in [6.45, 7) is 17.6. The lowest BCUT2D eigenvalue weighted by Gasteiger charge is -2.33. The van der Waals surface area contributed by atoms with E-state index in [9.17, 15) is 8.42 Å². The highest BCUT2D eigenvalue weighted by atomic mass is 32.2. The number of sulfone groups is 1. The zero-order valence-electron chi connectivity index (χ0n) is 16.3. The van der Waals surface area contributed by atoms with E-state index in [0.29, 0.717) is 5.57 Å². The third-order valence-corrected chi connectivity index (χ3v) is 6.88. The Balaban J connectivity index is 2.46. The van der Waals surface area contributed by atoms with Crippen LogP contribution in [0.2, 0.25) is 0 Å². The van der Waals surface area contributed by atoms with Crippen molar-refractivity contribution in [3.8, 4) is 0 Å². The second-order valence-corrected chi connectivity index (χ2v) is 9.55. The molecule has 3 nitrogen and oxygen atoms in total. The lowest BCUT2D eigenvalue weighted by atomic mass is 9.72. The third kappa shape index (κ3) is 4.16. The maximum Gasteiger partial charge on any atom is 0.285 e. The maximum absolute atomic E-state index is 12.8. The number of aryl methyl sites for hydroxylation is 1. The summed E-state index contributed by atoms with van der Waals surface area (Å²) in [5.41, 5.74) is 4.13. The van der Waals surface area contributed by atoms with E-state index in [4.69, 9.17) is 6.57 Å². The molecule has 1 aromatic rings. The second-order valence-electron chi connectivity index (χ2n) is 7.68. The van der Waals surface area contributed by atoms with Gasteiger partial charge in [0.1, 0.15) is 0 Å². The van der Waals surface area contributed by atoms with Gasteiger partial charge in [0.05, 0.1) is 11.5 Å². The van der Waals surface area contributed by atoms with Crippen LogP contribution < -0.4 is 0 Å². The average molecular weight is 370 g/mol. The van der Waals surface area contributed by atoms with Gasteiger partial charge in [0.2, 0.25) is 9.84 Å². The molecule has 2 rings (SSSR count). The second kappa shape index (κ2) is 7.63. The van der Waals surface area contributed by atoms with Gasteiger partial charge in [-0.25, -0.2) is 13.3 Å². The molecular weight excluding hydrogens is 342 g/mol. The van der Waals surface area contributed by atoms with Crippen LogP contribution >= 0.6 is 0 Å². The van der Waals surface area contributed by atoms with E-state index in [1.165, 1.54) is 17.6 Å². The summed E-state index contributed by atoms with van der Waals surface area (Å²) in [6.07, 6.45) is 7.15. The smallest absolute Gasteiger partial charge is 0.230 e. The van der Waals surface area contributed by atoms with Gasteiger partial charge in [-0.1, -0.05) is 49.3 Å². The van der Waals surface area contributed by atoms with Crippen LogP contribution in [0.3, 0.4) is 0 Å². The van der Waals surface area contributed by atoms with Gasteiger partial charge in [-0.2, -0.15) is 0 Å². The van der Waals surface area contributed by atoms with Crippen LogP contribution in [-0.4, -0.2) is 8.42 Å². The largest absolute Gasteiger partial charge is 0.285 e. The van der Waals surface area contributed by atoms with Gasteiger partial charge in [-0.05, 0) is 68.7 Å². The van der Waals surface area contributed by atoms with Crippen molar-refractivity contribution >= 4 is 9.84 Å². The quantitative estimate of drug-likeness (QED) is 0.482. The zero-order chi connectivity index (χ0) is 19.5. The first kappa shape index (κ1) is 20.2. The number of hydrogen-bond acceptors (Lipinski definition) is 2. The highest BCUT2D eigenvalue weighted by molar-refractivity contribution is 7.95. The monoisotopic (exact) mass is 369 g/mol. The normalized spacial score (nSPS) is 18.6. The van der Waals surface area contributed by atoms with Crippen LogP contribution in [-0.2, 0) is 9.84 Å². The summed E-state index contributed by atoms with van der Waals surface area (Å²) in [5, 5.41) is -0.204. The summed E-state index contributed by atoms with van der Waals surface area (Å²) >= 11 is 0. The lowest BCUT2D eigenvalue weighted by Crippen LogP contribution is -2.19. The fourth-order valence-corrected chi connectivity index (χ4v) is 4.81. The van der Waals surface area contributed by atoms with Crippen LogP contribution in [0.5, 0.6) is 0 Å². The Morgan fingerprint density at radius 2 is 1.81 bits per heavy atom. The van der Waals surface area contributed by atoms with Crippen molar-refractivity contribution < 1.29 is 8.42 Å². The number of hydrogen-bond donors (Lipinski definition) is 0. The Morgan fingerprint density at radius 1 is 1.19 bits per heavy atom. The third-order valence-electron chi connectivity index (χ3n) is 5.07. The molecule has 0 fully saturated rings. The lowest BCUT2D eigenvalue weighted by molar-refractivity contribution is 0.377.